The van der Waals surface area contributed by atoms with Gasteiger partial charge < -0.3 is 14.9 Å². The Morgan fingerprint density at radius 2 is 1.57 bits per heavy atom. The van der Waals surface area contributed by atoms with Crippen LogP contribution in [0.1, 0.15) is 63.1 Å². The van der Waals surface area contributed by atoms with Crippen LogP contribution in [0, 0.1) is 0 Å². The number of nitrogens with zero attached hydrogens (tertiary/aromatic N) is 2. The highest BCUT2D eigenvalue weighted by atomic mass is 79.9. The molecule has 2 aromatic carbocycles. The predicted molar refractivity (Wildman–Crippen MR) is 145 cm³/mol. The van der Waals surface area contributed by atoms with E-state index in [0.29, 0.717) is 22.7 Å². The van der Waals surface area contributed by atoms with Crippen LogP contribution in [0.15, 0.2) is 58.6 Å². The summed E-state index contributed by atoms with van der Waals surface area (Å²) in [6.07, 6.45) is 5.29. The van der Waals surface area contributed by atoms with E-state index in [-0.39, 0.29) is 11.3 Å². The molecule has 7 heteroatoms. The van der Waals surface area contributed by atoms with Gasteiger partial charge in [-0.1, -0.05) is 84.6 Å². The Balaban J connectivity index is 1.92. The number of aliphatic hydroxyl groups excluding tert-OH is 1. The molecule has 2 aromatic rings. The standard InChI is InChI=1S/C28H34BrClN2O3/c1-3-5-16-31(17-6-4-2)18-9-19-32-25(22-10-7-8-11-23(22)30)24(27(34)28(32)35)26(33)20-12-14-21(29)15-13-20/h7-8,10-15,25,33H,3-6,9,16-19H2,1-2H3/b26-24-. The van der Waals surface area contributed by atoms with Crippen molar-refractivity contribution in [1.82, 2.24) is 9.80 Å². The second kappa shape index (κ2) is 13.2. The smallest absolute Gasteiger partial charge is 0.295 e. The quantitative estimate of drug-likeness (QED) is 0.176. The van der Waals surface area contributed by atoms with Crippen LogP contribution >= 0.6 is 27.5 Å². The summed E-state index contributed by atoms with van der Waals surface area (Å²) in [6.45, 7) is 7.70. The van der Waals surface area contributed by atoms with E-state index in [2.05, 4.69) is 34.7 Å². The van der Waals surface area contributed by atoms with Crippen LogP contribution in [0.5, 0.6) is 0 Å². The monoisotopic (exact) mass is 560 g/mol. The van der Waals surface area contributed by atoms with Crippen LogP contribution in [-0.4, -0.2) is 52.8 Å². The molecule has 1 heterocycles. The third-order valence-electron chi connectivity index (χ3n) is 6.39. The van der Waals surface area contributed by atoms with Crippen molar-refractivity contribution in [2.75, 3.05) is 26.2 Å². The van der Waals surface area contributed by atoms with Crippen molar-refractivity contribution >= 4 is 45.0 Å². The minimum atomic E-state index is -0.730. The van der Waals surface area contributed by atoms with Gasteiger partial charge in [0.15, 0.2) is 0 Å². The maximum absolute atomic E-state index is 13.2. The molecule has 0 aliphatic carbocycles. The Bertz CT molecular complexity index is 1050. The number of rotatable bonds is 12. The van der Waals surface area contributed by atoms with Gasteiger partial charge in [0.1, 0.15) is 5.76 Å². The first-order valence-electron chi connectivity index (χ1n) is 12.4. The van der Waals surface area contributed by atoms with Crippen LogP contribution in [-0.2, 0) is 9.59 Å². The third-order valence-corrected chi connectivity index (χ3v) is 7.26. The molecule has 1 N–H and O–H groups in total. The molecule has 5 nitrogen and oxygen atoms in total. The van der Waals surface area contributed by atoms with E-state index in [1.54, 1.807) is 35.2 Å². The van der Waals surface area contributed by atoms with Crippen LogP contribution in [0.2, 0.25) is 5.02 Å². The number of unbranched alkanes of at least 4 members (excludes halogenated alkanes) is 2. The second-order valence-electron chi connectivity index (χ2n) is 8.92. The molecule has 1 aliphatic rings. The summed E-state index contributed by atoms with van der Waals surface area (Å²) < 4.78 is 0.854. The van der Waals surface area contributed by atoms with Crippen LogP contribution in [0.4, 0.5) is 0 Å². The fourth-order valence-electron chi connectivity index (χ4n) is 4.46. The first-order chi connectivity index (χ1) is 16.9. The van der Waals surface area contributed by atoms with Gasteiger partial charge in [-0.2, -0.15) is 0 Å². The van der Waals surface area contributed by atoms with Gasteiger partial charge in [-0.25, -0.2) is 0 Å². The topological polar surface area (TPSA) is 60.9 Å². The summed E-state index contributed by atoms with van der Waals surface area (Å²) >= 11 is 9.92. The Morgan fingerprint density at radius 3 is 2.17 bits per heavy atom. The minimum Gasteiger partial charge on any atom is -0.507 e. The van der Waals surface area contributed by atoms with Gasteiger partial charge in [-0.15, -0.1) is 0 Å². The van der Waals surface area contributed by atoms with Gasteiger partial charge in [-0.3, -0.25) is 9.59 Å². The van der Waals surface area contributed by atoms with Gasteiger partial charge in [0.25, 0.3) is 11.7 Å². The van der Waals surface area contributed by atoms with E-state index in [4.69, 9.17) is 11.6 Å². The molecular formula is C28H34BrClN2O3. The maximum atomic E-state index is 13.2. The van der Waals surface area contributed by atoms with Crippen molar-refractivity contribution in [3.63, 3.8) is 0 Å². The summed E-state index contributed by atoms with van der Waals surface area (Å²) in [4.78, 5) is 30.4. The molecule has 35 heavy (non-hydrogen) atoms. The number of Topliss-reactive ketones (excluding diaryl/α,β-unsaturated/α-hetero) is 1. The van der Waals surface area contributed by atoms with E-state index in [0.717, 1.165) is 56.2 Å². The van der Waals surface area contributed by atoms with Gasteiger partial charge in [0, 0.05) is 21.6 Å². The van der Waals surface area contributed by atoms with Gasteiger partial charge in [-0.05, 0) is 62.7 Å². The number of aliphatic hydroxyl groups is 1. The number of benzene rings is 2. The molecule has 1 aliphatic heterocycles. The van der Waals surface area contributed by atoms with Gasteiger partial charge >= 0.3 is 0 Å². The second-order valence-corrected chi connectivity index (χ2v) is 10.2. The van der Waals surface area contributed by atoms with Crippen molar-refractivity contribution in [3.05, 3.63) is 74.7 Å². The lowest BCUT2D eigenvalue weighted by atomic mass is 9.95. The summed E-state index contributed by atoms with van der Waals surface area (Å²) in [5.41, 5.74) is 1.20. The Morgan fingerprint density at radius 1 is 0.971 bits per heavy atom. The molecule has 0 bridgehead atoms. The molecule has 1 amide bonds. The van der Waals surface area contributed by atoms with Crippen molar-refractivity contribution in [3.8, 4) is 0 Å². The third kappa shape index (κ3) is 6.75. The fourth-order valence-corrected chi connectivity index (χ4v) is 4.96. The highest BCUT2D eigenvalue weighted by Crippen LogP contribution is 2.41. The van der Waals surface area contributed by atoms with Gasteiger partial charge in [0.2, 0.25) is 0 Å². The van der Waals surface area contributed by atoms with E-state index in [1.165, 1.54) is 0 Å². The molecular weight excluding hydrogens is 528 g/mol. The van der Waals surface area contributed by atoms with Crippen LogP contribution in [0.25, 0.3) is 5.76 Å². The number of ketones is 1. The number of hydrogen-bond donors (Lipinski definition) is 1. The first kappa shape index (κ1) is 27.4. The fraction of sp³-hybridized carbons (Fsp3) is 0.429. The Labute approximate surface area is 221 Å². The SMILES string of the molecule is CCCCN(CCCC)CCCN1C(=O)C(=O)/C(=C(\O)c2ccc(Br)cc2)C1c1ccccc1Cl. The lowest BCUT2D eigenvalue weighted by Gasteiger charge is -2.28. The molecule has 0 radical (unpaired) electrons. The first-order valence-corrected chi connectivity index (χ1v) is 13.6. The number of likely N-dealkylation sites (tertiary alicyclic amines) is 1. The summed E-state index contributed by atoms with van der Waals surface area (Å²) in [5, 5.41) is 11.6. The van der Waals surface area contributed by atoms with Crippen molar-refractivity contribution in [1.29, 1.82) is 0 Å². The molecule has 1 unspecified atom stereocenters. The predicted octanol–water partition coefficient (Wildman–Crippen LogP) is 6.82. The molecule has 1 fully saturated rings. The van der Waals surface area contributed by atoms with E-state index >= 15 is 0 Å². The summed E-state index contributed by atoms with van der Waals surface area (Å²) in [6, 6.07) is 13.5. The lowest BCUT2D eigenvalue weighted by molar-refractivity contribution is -0.140. The normalized spacial score (nSPS) is 17.5. The average Bonchev–Trinajstić information content (AvgIpc) is 3.10. The molecule has 0 aromatic heterocycles. The minimum absolute atomic E-state index is 0.0826. The van der Waals surface area contributed by atoms with E-state index < -0.39 is 17.7 Å². The van der Waals surface area contributed by atoms with Gasteiger partial charge in [0.05, 0.1) is 11.6 Å². The number of carbonyl (C=O) groups excluding carboxylic acids is 2. The van der Waals surface area contributed by atoms with Crippen LogP contribution < -0.4 is 0 Å². The average molecular weight is 562 g/mol. The summed E-state index contributed by atoms with van der Waals surface area (Å²) in [7, 11) is 0. The number of carbonyl (C=O) groups is 2. The van der Waals surface area contributed by atoms with Crippen LogP contribution in [0.3, 0.4) is 0 Å². The molecule has 1 saturated heterocycles. The molecule has 3 rings (SSSR count). The Kier molecular flexibility index (Phi) is 10.4. The molecule has 0 spiro atoms. The largest absolute Gasteiger partial charge is 0.507 e. The highest BCUT2D eigenvalue weighted by Gasteiger charge is 2.46. The highest BCUT2D eigenvalue weighted by molar-refractivity contribution is 9.10. The molecule has 188 valence electrons. The number of amides is 1. The van der Waals surface area contributed by atoms with E-state index in [9.17, 15) is 14.7 Å². The zero-order chi connectivity index (χ0) is 25.4. The Hall–Kier alpha value is -2.15. The zero-order valence-electron chi connectivity index (χ0n) is 20.5. The molecule has 0 saturated carbocycles. The van der Waals surface area contributed by atoms with E-state index in [1.807, 2.05) is 18.2 Å². The zero-order valence-corrected chi connectivity index (χ0v) is 22.8. The number of hydrogen-bond acceptors (Lipinski definition) is 4. The summed E-state index contributed by atoms with van der Waals surface area (Å²) in [5.74, 6) is -1.46. The van der Waals surface area contributed by atoms with Crippen molar-refractivity contribution in [2.24, 2.45) is 0 Å². The lowest BCUT2D eigenvalue weighted by Crippen LogP contribution is -2.34. The number of halogens is 2. The molecule has 1 atom stereocenters. The maximum Gasteiger partial charge on any atom is 0.295 e. The van der Waals surface area contributed by atoms with Crippen molar-refractivity contribution in [2.45, 2.75) is 52.0 Å². The van der Waals surface area contributed by atoms with Crippen molar-refractivity contribution < 1.29 is 14.7 Å².